The van der Waals surface area contributed by atoms with E-state index < -0.39 is 0 Å². The van der Waals surface area contributed by atoms with E-state index in [1.807, 2.05) is 31.3 Å². The van der Waals surface area contributed by atoms with Crippen molar-refractivity contribution >= 4 is 16.6 Å². The fourth-order valence-electron chi connectivity index (χ4n) is 5.02. The van der Waals surface area contributed by atoms with Crippen molar-refractivity contribution in [2.45, 2.75) is 13.0 Å². The number of likely N-dealkylation sites (N-methyl/N-ethyl adjacent to an activating group) is 1. The van der Waals surface area contributed by atoms with Gasteiger partial charge in [0.2, 0.25) is 0 Å². The Bertz CT molecular complexity index is 1420. The number of H-pyrrole nitrogens is 1. The van der Waals surface area contributed by atoms with Crippen molar-refractivity contribution in [1.82, 2.24) is 20.1 Å². The van der Waals surface area contributed by atoms with Crippen LogP contribution in [0.5, 0.6) is 5.75 Å². The number of benzene rings is 2. The third kappa shape index (κ3) is 3.22. The van der Waals surface area contributed by atoms with Crippen LogP contribution in [0.3, 0.4) is 0 Å². The highest BCUT2D eigenvalue weighted by atomic mass is 16.5. The van der Waals surface area contributed by atoms with Gasteiger partial charge >= 0.3 is 0 Å². The van der Waals surface area contributed by atoms with Crippen molar-refractivity contribution in [3.63, 3.8) is 0 Å². The van der Waals surface area contributed by atoms with Crippen molar-refractivity contribution in [1.29, 1.82) is 5.26 Å². The lowest BCUT2D eigenvalue weighted by molar-refractivity contribution is 0.188. The maximum absolute atomic E-state index is 9.77. The van der Waals surface area contributed by atoms with Gasteiger partial charge in [-0.1, -0.05) is 6.07 Å². The Labute approximate surface area is 192 Å². The lowest BCUT2D eigenvalue weighted by Crippen LogP contribution is -2.56. The van der Waals surface area contributed by atoms with Crippen LogP contribution in [-0.4, -0.2) is 59.4 Å². The number of aromatic nitrogens is 3. The van der Waals surface area contributed by atoms with Gasteiger partial charge in [-0.2, -0.15) is 10.4 Å². The molecule has 1 saturated heterocycles. The number of fused-ring (bicyclic) bond motifs is 4. The molecule has 1 atom stereocenters. The number of aryl methyl sites for hydroxylation is 1. The summed E-state index contributed by atoms with van der Waals surface area (Å²) in [5.41, 5.74) is 7.34. The van der Waals surface area contributed by atoms with Crippen LogP contribution >= 0.6 is 0 Å². The van der Waals surface area contributed by atoms with E-state index in [4.69, 9.17) is 4.74 Å². The fourth-order valence-corrected chi connectivity index (χ4v) is 5.02. The number of ether oxygens (including phenoxy) is 1. The number of hydrogen-bond acceptors (Lipinski definition) is 6. The standard InChI is InChI=1S/C26H24N6O/c1-16-5-6-28-13-22(16)20-11-21-23(9-18(20)12-27)29-30-26(21)17-3-4-24-25(10-17)33-15-19-14-31(2)7-8-32(19)24/h3-6,9-11,13,19H,7-8,14-15H2,1-2H3,(H,29,30). The molecule has 0 bridgehead atoms. The molecule has 0 spiro atoms. The van der Waals surface area contributed by atoms with Crippen molar-refractivity contribution in [2.24, 2.45) is 0 Å². The summed E-state index contributed by atoms with van der Waals surface area (Å²) in [7, 11) is 2.16. The quantitative estimate of drug-likeness (QED) is 0.512. The molecule has 4 aromatic rings. The summed E-state index contributed by atoms with van der Waals surface area (Å²) in [6.45, 7) is 5.80. The summed E-state index contributed by atoms with van der Waals surface area (Å²) in [6.07, 6.45) is 3.58. The number of pyridine rings is 1. The molecule has 33 heavy (non-hydrogen) atoms. The summed E-state index contributed by atoms with van der Waals surface area (Å²) < 4.78 is 6.18. The second-order valence-corrected chi connectivity index (χ2v) is 8.92. The molecular weight excluding hydrogens is 412 g/mol. The molecule has 0 amide bonds. The number of hydrogen-bond donors (Lipinski definition) is 1. The SMILES string of the molecule is Cc1ccncc1-c1cc2c(-c3ccc4c(c3)OCC3CN(C)CCN43)n[nH]c2cc1C#N. The first-order valence-corrected chi connectivity index (χ1v) is 11.2. The molecule has 0 saturated carbocycles. The van der Waals surface area contributed by atoms with Gasteiger partial charge in [0, 0.05) is 54.1 Å². The normalized spacial score (nSPS) is 17.8. The van der Waals surface area contributed by atoms with Crippen LogP contribution in [0.2, 0.25) is 0 Å². The zero-order valence-corrected chi connectivity index (χ0v) is 18.7. The smallest absolute Gasteiger partial charge is 0.143 e. The second kappa shape index (κ2) is 7.61. The van der Waals surface area contributed by atoms with E-state index in [1.165, 1.54) is 0 Å². The molecule has 164 valence electrons. The number of nitrogens with zero attached hydrogens (tertiary/aromatic N) is 5. The van der Waals surface area contributed by atoms with Gasteiger partial charge in [-0.3, -0.25) is 10.1 Å². The molecule has 2 aliphatic rings. The minimum absolute atomic E-state index is 0.392. The Balaban J connectivity index is 1.45. The topological polar surface area (TPSA) is 81.1 Å². The molecule has 0 aliphatic carbocycles. The molecular formula is C26H24N6O. The lowest BCUT2D eigenvalue weighted by Gasteiger charge is -2.44. The first kappa shape index (κ1) is 19.8. The summed E-state index contributed by atoms with van der Waals surface area (Å²) in [4.78, 5) is 9.10. The average molecular weight is 437 g/mol. The maximum Gasteiger partial charge on any atom is 0.143 e. The van der Waals surface area contributed by atoms with Crippen molar-refractivity contribution in [3.8, 4) is 34.2 Å². The van der Waals surface area contributed by atoms with Crippen LogP contribution in [0.1, 0.15) is 11.1 Å². The van der Waals surface area contributed by atoms with Crippen LogP contribution < -0.4 is 9.64 Å². The van der Waals surface area contributed by atoms with E-state index in [0.29, 0.717) is 18.2 Å². The minimum atomic E-state index is 0.392. The molecule has 0 radical (unpaired) electrons. The highest BCUT2D eigenvalue weighted by Gasteiger charge is 2.32. The predicted octanol–water partition coefficient (Wildman–Crippen LogP) is 3.98. The molecule has 2 aromatic carbocycles. The molecule has 6 rings (SSSR count). The molecule has 4 heterocycles. The van der Waals surface area contributed by atoms with E-state index in [2.05, 4.69) is 56.3 Å². The Morgan fingerprint density at radius 2 is 2.06 bits per heavy atom. The summed E-state index contributed by atoms with van der Waals surface area (Å²) >= 11 is 0. The van der Waals surface area contributed by atoms with Crippen LogP contribution in [0.15, 0.2) is 48.8 Å². The van der Waals surface area contributed by atoms with Crippen molar-refractivity contribution in [3.05, 3.63) is 59.9 Å². The van der Waals surface area contributed by atoms with Gasteiger partial charge < -0.3 is 14.5 Å². The second-order valence-electron chi connectivity index (χ2n) is 8.92. The van der Waals surface area contributed by atoms with E-state index >= 15 is 0 Å². The Morgan fingerprint density at radius 3 is 2.91 bits per heavy atom. The van der Waals surface area contributed by atoms with Gasteiger partial charge in [0.15, 0.2) is 0 Å². The molecule has 2 aliphatic heterocycles. The first-order chi connectivity index (χ1) is 16.1. The fraction of sp³-hybridized carbons (Fsp3) is 0.269. The molecule has 7 heteroatoms. The number of nitriles is 1. The molecule has 7 nitrogen and oxygen atoms in total. The van der Waals surface area contributed by atoms with E-state index in [-0.39, 0.29) is 0 Å². The number of piperazine rings is 1. The minimum Gasteiger partial charge on any atom is -0.489 e. The highest BCUT2D eigenvalue weighted by molar-refractivity contribution is 5.98. The first-order valence-electron chi connectivity index (χ1n) is 11.2. The van der Waals surface area contributed by atoms with Crippen molar-refractivity contribution in [2.75, 3.05) is 38.2 Å². The number of nitrogens with one attached hydrogen (secondary N) is 1. The zero-order chi connectivity index (χ0) is 22.5. The van der Waals surface area contributed by atoms with Crippen LogP contribution in [0.4, 0.5) is 5.69 Å². The van der Waals surface area contributed by atoms with Gasteiger partial charge in [0.25, 0.3) is 0 Å². The van der Waals surface area contributed by atoms with Gasteiger partial charge in [0.1, 0.15) is 18.1 Å². The number of aromatic amines is 1. The predicted molar refractivity (Wildman–Crippen MR) is 128 cm³/mol. The molecule has 1 N–H and O–H groups in total. The van der Waals surface area contributed by atoms with Crippen molar-refractivity contribution < 1.29 is 4.74 Å². The summed E-state index contributed by atoms with van der Waals surface area (Å²) in [5, 5.41) is 18.5. The van der Waals surface area contributed by atoms with Gasteiger partial charge in [-0.05, 0) is 49.9 Å². The zero-order valence-electron chi connectivity index (χ0n) is 18.7. The van der Waals surface area contributed by atoms with Crippen LogP contribution in [0.25, 0.3) is 33.3 Å². The van der Waals surface area contributed by atoms with Gasteiger partial charge in [0.05, 0.1) is 28.9 Å². The molecule has 1 fully saturated rings. The summed E-state index contributed by atoms with van der Waals surface area (Å²) in [6, 6.07) is 15.0. The Hall–Kier alpha value is -3.89. The molecule has 1 unspecified atom stereocenters. The Morgan fingerprint density at radius 1 is 1.15 bits per heavy atom. The van der Waals surface area contributed by atoms with E-state index in [0.717, 1.165) is 69.9 Å². The van der Waals surface area contributed by atoms with E-state index in [9.17, 15) is 5.26 Å². The van der Waals surface area contributed by atoms with Gasteiger partial charge in [-0.25, -0.2) is 0 Å². The number of anilines is 1. The average Bonchev–Trinajstić information content (AvgIpc) is 3.25. The van der Waals surface area contributed by atoms with Gasteiger partial charge in [-0.15, -0.1) is 0 Å². The summed E-state index contributed by atoms with van der Waals surface area (Å²) in [5.74, 6) is 0.904. The van der Waals surface area contributed by atoms with Crippen LogP contribution in [-0.2, 0) is 0 Å². The largest absolute Gasteiger partial charge is 0.489 e. The number of rotatable bonds is 2. The Kier molecular flexibility index (Phi) is 4.56. The third-order valence-electron chi connectivity index (χ3n) is 6.81. The monoisotopic (exact) mass is 436 g/mol. The lowest BCUT2D eigenvalue weighted by atomic mass is 9.95. The van der Waals surface area contributed by atoms with E-state index in [1.54, 1.807) is 6.20 Å². The maximum atomic E-state index is 9.77. The van der Waals surface area contributed by atoms with Crippen LogP contribution in [0, 0.1) is 18.3 Å². The highest BCUT2D eigenvalue weighted by Crippen LogP contribution is 2.40. The molecule has 2 aromatic heterocycles. The third-order valence-corrected chi connectivity index (χ3v) is 6.81.